The first kappa shape index (κ1) is 20.5. The van der Waals surface area contributed by atoms with Gasteiger partial charge in [0.05, 0.1) is 22.4 Å². The Hall–Kier alpha value is -2.19. The van der Waals surface area contributed by atoms with Crippen LogP contribution in [0.1, 0.15) is 0 Å². The zero-order valence-electron chi connectivity index (χ0n) is 16.4. The predicted octanol–water partition coefficient (Wildman–Crippen LogP) is 2.38. The van der Waals surface area contributed by atoms with Gasteiger partial charge in [0.25, 0.3) is 0 Å². The van der Waals surface area contributed by atoms with Crippen molar-refractivity contribution in [2.75, 3.05) is 64.1 Å². The van der Waals surface area contributed by atoms with Gasteiger partial charge in [-0.25, -0.2) is 0 Å². The van der Waals surface area contributed by atoms with E-state index in [1.807, 2.05) is 50.5 Å². The highest BCUT2D eigenvalue weighted by Crippen LogP contribution is 2.34. The molecule has 7 heteroatoms. The van der Waals surface area contributed by atoms with E-state index in [1.165, 1.54) is 0 Å². The topological polar surface area (TPSA) is 76.6 Å². The number of fused-ring (bicyclic) bond motifs is 2. The van der Waals surface area contributed by atoms with Crippen LogP contribution in [0.15, 0.2) is 41.2 Å². The van der Waals surface area contributed by atoms with Crippen molar-refractivity contribution in [1.29, 1.82) is 0 Å². The van der Waals surface area contributed by atoms with E-state index in [9.17, 15) is 4.79 Å². The highest BCUT2D eigenvalue weighted by atomic mass is 32.1. The highest BCUT2D eigenvalue weighted by Gasteiger charge is 2.13. The summed E-state index contributed by atoms with van der Waals surface area (Å²) >= 11 is 1.64. The Morgan fingerprint density at radius 3 is 2.50 bits per heavy atom. The van der Waals surface area contributed by atoms with E-state index in [0.29, 0.717) is 6.54 Å². The Bertz CT molecular complexity index is 987. The van der Waals surface area contributed by atoms with Crippen molar-refractivity contribution in [3.8, 4) is 0 Å². The Labute approximate surface area is 169 Å². The van der Waals surface area contributed by atoms with Crippen molar-refractivity contribution >= 4 is 42.9 Å². The zero-order chi connectivity index (χ0) is 19.9. The molecule has 0 aliphatic carbocycles. The van der Waals surface area contributed by atoms with Crippen LogP contribution in [-0.4, -0.2) is 63.4 Å². The molecule has 0 amide bonds. The lowest BCUT2D eigenvalue weighted by atomic mass is 10.1. The third kappa shape index (κ3) is 4.80. The van der Waals surface area contributed by atoms with Crippen LogP contribution in [-0.2, 0) is 0 Å². The third-order valence-corrected chi connectivity index (χ3v) is 5.71. The van der Waals surface area contributed by atoms with Gasteiger partial charge in [-0.15, -0.1) is 11.3 Å². The zero-order valence-corrected chi connectivity index (χ0v) is 17.2. The van der Waals surface area contributed by atoms with Crippen LogP contribution in [0, 0.1) is 0 Å². The molecule has 0 saturated heterocycles. The maximum Gasteiger partial charge on any atom is 0.198 e. The molecule has 0 aliphatic rings. The van der Waals surface area contributed by atoms with Crippen LogP contribution in [0.2, 0.25) is 0 Å². The van der Waals surface area contributed by atoms with Crippen molar-refractivity contribution in [1.82, 2.24) is 10.2 Å². The van der Waals surface area contributed by atoms with Gasteiger partial charge in [0.1, 0.15) is 0 Å². The summed E-state index contributed by atoms with van der Waals surface area (Å²) in [6.07, 6.45) is 0. The van der Waals surface area contributed by atoms with Crippen molar-refractivity contribution in [3.05, 3.63) is 46.6 Å². The second kappa shape index (κ2) is 9.84. The van der Waals surface area contributed by atoms with Crippen molar-refractivity contribution < 1.29 is 5.11 Å². The lowest BCUT2D eigenvalue weighted by Crippen LogP contribution is -2.25. The second-order valence-corrected chi connectivity index (χ2v) is 7.97. The first-order valence-corrected chi connectivity index (χ1v) is 10.4. The highest BCUT2D eigenvalue weighted by molar-refractivity contribution is 7.25. The minimum Gasteiger partial charge on any atom is -0.395 e. The third-order valence-electron chi connectivity index (χ3n) is 4.51. The molecule has 4 N–H and O–H groups in total. The molecule has 28 heavy (non-hydrogen) atoms. The van der Waals surface area contributed by atoms with Crippen LogP contribution in [0.4, 0.5) is 11.4 Å². The van der Waals surface area contributed by atoms with Gasteiger partial charge in [0.2, 0.25) is 0 Å². The van der Waals surface area contributed by atoms with Gasteiger partial charge in [-0.05, 0) is 38.4 Å². The van der Waals surface area contributed by atoms with E-state index in [4.69, 9.17) is 5.11 Å². The van der Waals surface area contributed by atoms with E-state index in [1.54, 1.807) is 11.3 Å². The number of rotatable bonds is 10. The molecule has 0 radical (unpaired) electrons. The molecular formula is C21H28N4O2S. The van der Waals surface area contributed by atoms with Gasteiger partial charge in [-0.3, -0.25) is 4.79 Å². The number of likely N-dealkylation sites (N-methyl/N-ethyl adjacent to an activating group) is 1. The van der Waals surface area contributed by atoms with E-state index in [-0.39, 0.29) is 12.0 Å². The molecule has 1 aromatic heterocycles. The molecule has 0 fully saturated rings. The molecule has 0 bridgehead atoms. The summed E-state index contributed by atoms with van der Waals surface area (Å²) in [6, 6.07) is 11.8. The van der Waals surface area contributed by atoms with Crippen LogP contribution in [0.3, 0.4) is 0 Å². The fraction of sp³-hybridized carbons (Fsp3) is 0.381. The molecule has 0 unspecified atom stereocenters. The summed E-state index contributed by atoms with van der Waals surface area (Å²) in [5.74, 6) is 0. The number of anilines is 2. The van der Waals surface area contributed by atoms with Crippen molar-refractivity contribution in [2.24, 2.45) is 0 Å². The second-order valence-electron chi connectivity index (χ2n) is 6.92. The van der Waals surface area contributed by atoms with Gasteiger partial charge in [0, 0.05) is 48.5 Å². The number of nitrogens with one attached hydrogen (secondary N) is 3. The fourth-order valence-electron chi connectivity index (χ4n) is 3.09. The van der Waals surface area contributed by atoms with E-state index >= 15 is 0 Å². The summed E-state index contributed by atoms with van der Waals surface area (Å²) in [6.45, 7) is 3.84. The quantitative estimate of drug-likeness (QED) is 0.309. The molecule has 1 heterocycles. The predicted molar refractivity (Wildman–Crippen MR) is 121 cm³/mol. The molecule has 3 rings (SSSR count). The molecule has 150 valence electrons. The molecular weight excluding hydrogens is 372 g/mol. The number of hydrogen-bond acceptors (Lipinski definition) is 7. The Morgan fingerprint density at radius 1 is 0.964 bits per heavy atom. The van der Waals surface area contributed by atoms with E-state index in [2.05, 4.69) is 20.9 Å². The molecule has 0 saturated carbocycles. The summed E-state index contributed by atoms with van der Waals surface area (Å²) in [4.78, 5) is 15.4. The van der Waals surface area contributed by atoms with Gasteiger partial charge in [-0.2, -0.15) is 0 Å². The van der Waals surface area contributed by atoms with Crippen LogP contribution >= 0.6 is 11.3 Å². The van der Waals surface area contributed by atoms with E-state index < -0.39 is 0 Å². The van der Waals surface area contributed by atoms with Gasteiger partial charge < -0.3 is 26.0 Å². The number of hydrogen-bond donors (Lipinski definition) is 4. The normalized spacial score (nSPS) is 11.4. The number of aliphatic hydroxyl groups is 1. The Kier molecular flexibility index (Phi) is 7.22. The largest absolute Gasteiger partial charge is 0.395 e. The number of aliphatic hydroxyl groups excluding tert-OH is 1. The lowest BCUT2D eigenvalue weighted by molar-refractivity contribution is 0.293. The van der Waals surface area contributed by atoms with Gasteiger partial charge in [-0.1, -0.05) is 12.1 Å². The molecule has 0 spiro atoms. The minimum atomic E-state index is 0.0683. The Morgan fingerprint density at radius 2 is 1.71 bits per heavy atom. The van der Waals surface area contributed by atoms with Crippen molar-refractivity contribution in [2.45, 2.75) is 0 Å². The van der Waals surface area contributed by atoms with Crippen LogP contribution in [0.5, 0.6) is 0 Å². The Balaban J connectivity index is 1.99. The standard InChI is InChI=1S/C21H28N4O2S/c1-25(2)13-11-24-16-7-8-17(23-10-9-22-12-14-26)21-19(16)20(27)15-5-3-4-6-18(15)28-21/h3-8,22-24,26H,9-14H2,1-2H3. The lowest BCUT2D eigenvalue weighted by Gasteiger charge is -2.16. The van der Waals surface area contributed by atoms with Crippen molar-refractivity contribution in [3.63, 3.8) is 0 Å². The fourth-order valence-corrected chi connectivity index (χ4v) is 4.28. The molecule has 3 aromatic rings. The first-order chi connectivity index (χ1) is 13.6. The number of benzene rings is 2. The van der Waals surface area contributed by atoms with Crippen LogP contribution in [0.25, 0.3) is 20.2 Å². The summed E-state index contributed by atoms with van der Waals surface area (Å²) in [7, 11) is 4.07. The monoisotopic (exact) mass is 400 g/mol. The summed E-state index contributed by atoms with van der Waals surface area (Å²) in [5, 5.41) is 20.4. The molecule has 6 nitrogen and oxygen atoms in total. The average Bonchev–Trinajstić information content (AvgIpc) is 2.69. The summed E-state index contributed by atoms with van der Waals surface area (Å²) < 4.78 is 1.97. The maximum atomic E-state index is 13.3. The smallest absolute Gasteiger partial charge is 0.198 e. The van der Waals surface area contributed by atoms with E-state index in [0.717, 1.165) is 57.7 Å². The van der Waals surface area contributed by atoms with Gasteiger partial charge in [0.15, 0.2) is 5.43 Å². The number of nitrogens with zero attached hydrogens (tertiary/aromatic N) is 1. The van der Waals surface area contributed by atoms with Gasteiger partial charge >= 0.3 is 0 Å². The summed E-state index contributed by atoms with van der Waals surface area (Å²) in [5.41, 5.74) is 1.92. The minimum absolute atomic E-state index is 0.0683. The molecule has 0 aliphatic heterocycles. The molecule has 0 atom stereocenters. The average molecular weight is 401 g/mol. The first-order valence-electron chi connectivity index (χ1n) is 9.54. The van der Waals surface area contributed by atoms with Crippen LogP contribution < -0.4 is 21.4 Å². The molecule has 2 aromatic carbocycles. The SMILES string of the molecule is CN(C)CCNc1ccc(NCCNCCO)c2sc3ccccc3c(=O)c12. The maximum absolute atomic E-state index is 13.3.